The number of methoxy groups -OCH3 is 1. The molecule has 1 aromatic rings. The molecule has 0 unspecified atom stereocenters. The van der Waals surface area contributed by atoms with Crippen molar-refractivity contribution in [1.82, 2.24) is 0 Å². The second-order valence-electron chi connectivity index (χ2n) is 5.99. The SMILES string of the molecule is C=Nc1c(/C=C(\C)C(=O)OC)cccc1N1CCC(C(F)(F)F)CC1. The lowest BCUT2D eigenvalue weighted by atomic mass is 9.95. The van der Waals surface area contributed by atoms with Gasteiger partial charge in [-0.15, -0.1) is 0 Å². The number of hydrogen-bond acceptors (Lipinski definition) is 4. The molecule has 0 radical (unpaired) electrons. The lowest BCUT2D eigenvalue weighted by molar-refractivity contribution is -0.179. The first-order valence-electron chi connectivity index (χ1n) is 7.96. The van der Waals surface area contributed by atoms with Gasteiger partial charge in [-0.2, -0.15) is 13.2 Å². The van der Waals surface area contributed by atoms with Crippen molar-refractivity contribution in [3.05, 3.63) is 29.3 Å². The third-order valence-electron chi connectivity index (χ3n) is 4.38. The molecule has 0 bridgehead atoms. The van der Waals surface area contributed by atoms with Crippen molar-refractivity contribution in [3.63, 3.8) is 0 Å². The summed E-state index contributed by atoms with van der Waals surface area (Å²) in [5.41, 5.74) is 2.35. The molecule has 1 fully saturated rings. The summed E-state index contributed by atoms with van der Waals surface area (Å²) in [6, 6.07) is 5.38. The van der Waals surface area contributed by atoms with Crippen LogP contribution in [0.15, 0.2) is 28.8 Å². The fourth-order valence-electron chi connectivity index (χ4n) is 2.99. The number of aliphatic imine (C=N–C) groups is 1. The van der Waals surface area contributed by atoms with E-state index in [1.807, 2.05) is 11.0 Å². The minimum atomic E-state index is -4.15. The Morgan fingerprint density at radius 1 is 1.36 bits per heavy atom. The van der Waals surface area contributed by atoms with E-state index in [1.54, 1.807) is 25.1 Å². The van der Waals surface area contributed by atoms with Crippen LogP contribution in [-0.2, 0) is 9.53 Å². The van der Waals surface area contributed by atoms with Crippen LogP contribution in [0.2, 0.25) is 0 Å². The summed E-state index contributed by atoms with van der Waals surface area (Å²) in [6.45, 7) is 5.80. The van der Waals surface area contributed by atoms with Crippen LogP contribution in [-0.4, -0.2) is 39.1 Å². The third-order valence-corrected chi connectivity index (χ3v) is 4.38. The first-order chi connectivity index (χ1) is 11.8. The van der Waals surface area contributed by atoms with Crippen LogP contribution in [0.3, 0.4) is 0 Å². The van der Waals surface area contributed by atoms with E-state index in [2.05, 4.69) is 16.4 Å². The molecule has 1 saturated heterocycles. The lowest BCUT2D eigenvalue weighted by Gasteiger charge is -2.35. The van der Waals surface area contributed by atoms with Crippen LogP contribution in [0.1, 0.15) is 25.3 Å². The van der Waals surface area contributed by atoms with Gasteiger partial charge in [-0.25, -0.2) is 4.79 Å². The Bertz CT molecular complexity index is 675. The smallest absolute Gasteiger partial charge is 0.391 e. The minimum Gasteiger partial charge on any atom is -0.466 e. The van der Waals surface area contributed by atoms with Gasteiger partial charge < -0.3 is 9.64 Å². The number of hydrogen-bond donors (Lipinski definition) is 0. The van der Waals surface area contributed by atoms with E-state index in [9.17, 15) is 18.0 Å². The molecule has 0 atom stereocenters. The van der Waals surface area contributed by atoms with Crippen LogP contribution in [0, 0.1) is 5.92 Å². The number of rotatable bonds is 4. The molecule has 7 heteroatoms. The summed E-state index contributed by atoms with van der Waals surface area (Å²) in [6.07, 6.45) is -2.39. The summed E-state index contributed by atoms with van der Waals surface area (Å²) in [4.78, 5) is 17.5. The average Bonchev–Trinajstić information content (AvgIpc) is 2.60. The predicted octanol–water partition coefficient (Wildman–Crippen LogP) is 4.37. The summed E-state index contributed by atoms with van der Waals surface area (Å²) in [5.74, 6) is -1.71. The molecule has 0 aliphatic carbocycles. The number of carbonyl (C=O) groups excluding carboxylic acids is 1. The highest BCUT2D eigenvalue weighted by Crippen LogP contribution is 2.39. The molecule has 1 aromatic carbocycles. The van der Waals surface area contributed by atoms with Gasteiger partial charge in [0.2, 0.25) is 0 Å². The van der Waals surface area contributed by atoms with E-state index in [4.69, 9.17) is 0 Å². The molecule has 1 aliphatic heterocycles. The molecule has 1 heterocycles. The van der Waals surface area contributed by atoms with E-state index in [0.29, 0.717) is 29.9 Å². The molecule has 0 N–H and O–H groups in total. The van der Waals surface area contributed by atoms with Gasteiger partial charge in [0.25, 0.3) is 0 Å². The first-order valence-corrected chi connectivity index (χ1v) is 7.96. The highest BCUT2D eigenvalue weighted by atomic mass is 19.4. The summed E-state index contributed by atoms with van der Waals surface area (Å²) in [7, 11) is 1.30. The molecule has 1 aliphatic rings. The second-order valence-corrected chi connectivity index (χ2v) is 5.99. The standard InChI is InChI=1S/C18H21F3N2O2/c1-12(17(24)25-3)11-13-5-4-6-15(16(13)22-2)23-9-7-14(8-10-23)18(19,20)21/h4-6,11,14H,2,7-10H2,1,3H3/b12-11+. The number of nitrogens with zero attached hydrogens (tertiary/aromatic N) is 2. The molecule has 4 nitrogen and oxygen atoms in total. The van der Waals surface area contributed by atoms with Crippen molar-refractivity contribution in [1.29, 1.82) is 0 Å². The van der Waals surface area contributed by atoms with Crippen LogP contribution in [0.4, 0.5) is 24.5 Å². The van der Waals surface area contributed by atoms with Crippen LogP contribution in [0.25, 0.3) is 6.08 Å². The quantitative estimate of drug-likeness (QED) is 0.458. The predicted molar refractivity (Wildman–Crippen MR) is 92.3 cm³/mol. The van der Waals surface area contributed by atoms with Gasteiger partial charge in [-0.05, 0) is 38.6 Å². The Morgan fingerprint density at radius 2 is 2.00 bits per heavy atom. The number of anilines is 1. The maximum Gasteiger partial charge on any atom is 0.391 e. The maximum absolute atomic E-state index is 12.8. The topological polar surface area (TPSA) is 41.9 Å². The molecule has 2 rings (SSSR count). The molecule has 0 spiro atoms. The fourth-order valence-corrected chi connectivity index (χ4v) is 2.99. The largest absolute Gasteiger partial charge is 0.466 e. The number of alkyl halides is 3. The fraction of sp³-hybridized carbons (Fsp3) is 0.444. The molecule has 0 saturated carbocycles. The van der Waals surface area contributed by atoms with Crippen molar-refractivity contribution in [2.45, 2.75) is 25.9 Å². The zero-order chi connectivity index (χ0) is 18.6. The van der Waals surface area contributed by atoms with Gasteiger partial charge in [-0.3, -0.25) is 4.99 Å². The summed E-state index contributed by atoms with van der Waals surface area (Å²) >= 11 is 0. The number of benzene rings is 1. The monoisotopic (exact) mass is 354 g/mol. The molecular formula is C18H21F3N2O2. The molecular weight excluding hydrogens is 333 g/mol. The Kier molecular flexibility index (Phi) is 5.87. The van der Waals surface area contributed by atoms with Crippen molar-refractivity contribution in [2.75, 3.05) is 25.1 Å². The minimum absolute atomic E-state index is 0.0569. The van der Waals surface area contributed by atoms with Crippen LogP contribution >= 0.6 is 0 Å². The summed E-state index contributed by atoms with van der Waals surface area (Å²) < 4.78 is 43.2. The van der Waals surface area contributed by atoms with Crippen molar-refractivity contribution < 1.29 is 22.7 Å². The zero-order valence-corrected chi connectivity index (χ0v) is 14.3. The van der Waals surface area contributed by atoms with Crippen LogP contribution in [0.5, 0.6) is 0 Å². The Morgan fingerprint density at radius 3 is 2.52 bits per heavy atom. The van der Waals surface area contributed by atoms with Gasteiger partial charge in [0.1, 0.15) is 0 Å². The highest BCUT2D eigenvalue weighted by Gasteiger charge is 2.41. The van der Waals surface area contributed by atoms with E-state index in [0.717, 1.165) is 5.69 Å². The Hall–Kier alpha value is -2.31. The number of piperidine rings is 1. The van der Waals surface area contributed by atoms with E-state index in [1.165, 1.54) is 7.11 Å². The number of para-hydroxylation sites is 1. The number of ether oxygens (including phenoxy) is 1. The zero-order valence-electron chi connectivity index (χ0n) is 14.3. The lowest BCUT2D eigenvalue weighted by Crippen LogP contribution is -2.39. The molecule has 25 heavy (non-hydrogen) atoms. The van der Waals surface area contributed by atoms with Gasteiger partial charge in [0.05, 0.1) is 24.4 Å². The highest BCUT2D eigenvalue weighted by molar-refractivity contribution is 5.94. The van der Waals surface area contributed by atoms with E-state index >= 15 is 0 Å². The van der Waals surface area contributed by atoms with Gasteiger partial charge in [0, 0.05) is 24.2 Å². The average molecular weight is 354 g/mol. The van der Waals surface area contributed by atoms with Crippen molar-refractivity contribution >= 4 is 30.1 Å². The van der Waals surface area contributed by atoms with Gasteiger partial charge >= 0.3 is 12.1 Å². The number of esters is 1. The first kappa shape index (κ1) is 19.0. The van der Waals surface area contributed by atoms with E-state index < -0.39 is 18.1 Å². The number of halogens is 3. The van der Waals surface area contributed by atoms with Gasteiger partial charge in [-0.1, -0.05) is 12.1 Å². The Labute approximate surface area is 145 Å². The molecule has 136 valence electrons. The number of carbonyl (C=O) groups is 1. The van der Waals surface area contributed by atoms with Crippen LogP contribution < -0.4 is 4.90 Å². The second kappa shape index (κ2) is 7.72. The normalized spacial score (nSPS) is 16.7. The van der Waals surface area contributed by atoms with E-state index in [-0.39, 0.29) is 12.8 Å². The molecule has 0 aromatic heterocycles. The third kappa shape index (κ3) is 4.41. The summed E-state index contributed by atoms with van der Waals surface area (Å²) in [5, 5.41) is 0. The molecule has 0 amide bonds. The van der Waals surface area contributed by atoms with Crippen molar-refractivity contribution in [2.24, 2.45) is 10.9 Å². The van der Waals surface area contributed by atoms with Crippen molar-refractivity contribution in [3.8, 4) is 0 Å². The van der Waals surface area contributed by atoms with Gasteiger partial charge in [0.15, 0.2) is 0 Å². The maximum atomic E-state index is 12.8. The Balaban J connectivity index is 2.27.